The summed E-state index contributed by atoms with van der Waals surface area (Å²) in [5, 5.41) is 2.46. The number of hydrogen-bond acceptors (Lipinski definition) is 5. The Morgan fingerprint density at radius 3 is 2.19 bits per heavy atom. The average Bonchev–Trinajstić information content (AvgIpc) is 2.93. The molecule has 196 valence electrons. The summed E-state index contributed by atoms with van der Waals surface area (Å²) in [5.41, 5.74) is 2.20. The average molecular weight is 495 g/mol. The van der Waals surface area contributed by atoms with E-state index in [1.807, 2.05) is 12.1 Å². The molecule has 5 rings (SSSR count). The summed E-state index contributed by atoms with van der Waals surface area (Å²) in [5.74, 6) is 0.939. The maximum atomic E-state index is 12.8. The van der Waals surface area contributed by atoms with E-state index in [0.29, 0.717) is 24.7 Å². The number of likely N-dealkylation sites (tertiary alicyclic amines) is 1. The van der Waals surface area contributed by atoms with Crippen LogP contribution in [0.4, 0.5) is 5.69 Å². The number of rotatable bonds is 6. The lowest BCUT2D eigenvalue weighted by atomic mass is 9.87. The Balaban J connectivity index is 1.01. The zero-order valence-corrected chi connectivity index (χ0v) is 21.6. The Morgan fingerprint density at radius 2 is 1.53 bits per heavy atom. The summed E-state index contributed by atoms with van der Waals surface area (Å²) < 4.78 is 0. The maximum Gasteiger partial charge on any atom is 0.234 e. The van der Waals surface area contributed by atoms with Crippen molar-refractivity contribution in [1.82, 2.24) is 15.1 Å². The van der Waals surface area contributed by atoms with Crippen LogP contribution >= 0.6 is 0 Å². The van der Waals surface area contributed by atoms with Gasteiger partial charge in [0.2, 0.25) is 17.7 Å². The SMILES string of the molecule is O=C1CCC(c2ccc(N3CCN(CCC4CCN(C(=O)C5CCCCC5)CC4)CC3)cc2)C(=O)N1. The number of amides is 3. The summed E-state index contributed by atoms with van der Waals surface area (Å²) in [6.45, 7) is 7.27. The minimum absolute atomic E-state index is 0.166. The van der Waals surface area contributed by atoms with Gasteiger partial charge in [-0.3, -0.25) is 24.6 Å². The normalized spacial score (nSPS) is 25.2. The Morgan fingerprint density at radius 1 is 0.833 bits per heavy atom. The predicted molar refractivity (Wildman–Crippen MR) is 141 cm³/mol. The molecule has 1 saturated carbocycles. The fourth-order valence-corrected chi connectivity index (χ4v) is 6.57. The van der Waals surface area contributed by atoms with Crippen molar-refractivity contribution < 1.29 is 14.4 Å². The number of hydrogen-bond donors (Lipinski definition) is 1. The van der Waals surface area contributed by atoms with Crippen LogP contribution in [0.25, 0.3) is 0 Å². The third kappa shape index (κ3) is 6.10. The summed E-state index contributed by atoms with van der Waals surface area (Å²) in [6.07, 6.45) is 10.6. The van der Waals surface area contributed by atoms with E-state index in [-0.39, 0.29) is 17.7 Å². The summed E-state index contributed by atoms with van der Waals surface area (Å²) in [6, 6.07) is 8.34. The third-order valence-corrected chi connectivity index (χ3v) is 9.01. The molecule has 7 heteroatoms. The maximum absolute atomic E-state index is 12.8. The van der Waals surface area contributed by atoms with Crippen LogP contribution in [-0.2, 0) is 14.4 Å². The number of carbonyl (C=O) groups is 3. The first-order valence-corrected chi connectivity index (χ1v) is 14.3. The Bertz CT molecular complexity index is 911. The quantitative estimate of drug-likeness (QED) is 0.613. The molecule has 3 amide bonds. The highest BCUT2D eigenvalue weighted by Crippen LogP contribution is 2.29. The molecule has 0 spiro atoms. The zero-order chi connectivity index (χ0) is 24.9. The molecule has 1 aromatic carbocycles. The van der Waals surface area contributed by atoms with Crippen molar-refractivity contribution >= 4 is 23.4 Å². The molecule has 4 aliphatic rings. The first-order chi connectivity index (χ1) is 17.6. The standard InChI is InChI=1S/C29H42N4O3/c34-27-11-10-26(28(35)30-27)23-6-8-25(9-7-23)32-20-18-31(19-21-32)15-12-22-13-16-33(17-14-22)29(36)24-4-2-1-3-5-24/h6-9,22,24,26H,1-5,10-21H2,(H,30,34,35). The Kier molecular flexibility index (Phi) is 8.25. The van der Waals surface area contributed by atoms with Gasteiger partial charge in [-0.15, -0.1) is 0 Å². The van der Waals surface area contributed by atoms with E-state index in [0.717, 1.165) is 83.0 Å². The molecule has 0 bridgehead atoms. The van der Waals surface area contributed by atoms with Crippen LogP contribution < -0.4 is 10.2 Å². The van der Waals surface area contributed by atoms with Crippen molar-refractivity contribution in [3.63, 3.8) is 0 Å². The van der Waals surface area contributed by atoms with Crippen LogP contribution in [0.2, 0.25) is 0 Å². The van der Waals surface area contributed by atoms with E-state index in [9.17, 15) is 14.4 Å². The number of benzene rings is 1. The molecular formula is C29H42N4O3. The molecule has 3 saturated heterocycles. The van der Waals surface area contributed by atoms with Crippen LogP contribution in [-0.4, -0.2) is 73.3 Å². The van der Waals surface area contributed by atoms with Gasteiger partial charge in [-0.25, -0.2) is 0 Å². The molecule has 4 fully saturated rings. The van der Waals surface area contributed by atoms with Crippen molar-refractivity contribution in [3.8, 4) is 0 Å². The molecular weight excluding hydrogens is 452 g/mol. The summed E-state index contributed by atoms with van der Waals surface area (Å²) >= 11 is 0. The lowest BCUT2D eigenvalue weighted by Crippen LogP contribution is -2.47. The van der Waals surface area contributed by atoms with Crippen LogP contribution in [0.3, 0.4) is 0 Å². The minimum Gasteiger partial charge on any atom is -0.369 e. The van der Waals surface area contributed by atoms with Crippen LogP contribution in [0, 0.1) is 11.8 Å². The Hall–Kier alpha value is -2.41. The number of imide groups is 1. The molecule has 7 nitrogen and oxygen atoms in total. The predicted octanol–water partition coefficient (Wildman–Crippen LogP) is 3.54. The monoisotopic (exact) mass is 494 g/mol. The molecule has 1 aliphatic carbocycles. The number of piperazine rings is 1. The highest BCUT2D eigenvalue weighted by atomic mass is 16.2. The van der Waals surface area contributed by atoms with Crippen molar-refractivity contribution in [3.05, 3.63) is 29.8 Å². The Labute approximate surface area is 215 Å². The highest BCUT2D eigenvalue weighted by molar-refractivity contribution is 6.00. The van der Waals surface area contributed by atoms with Crippen LogP contribution in [0.1, 0.15) is 75.7 Å². The zero-order valence-electron chi connectivity index (χ0n) is 21.6. The first-order valence-electron chi connectivity index (χ1n) is 14.3. The van der Waals surface area contributed by atoms with Gasteiger partial charge in [-0.1, -0.05) is 31.4 Å². The fourth-order valence-electron chi connectivity index (χ4n) is 6.57. The van der Waals surface area contributed by atoms with Gasteiger partial charge in [0.25, 0.3) is 0 Å². The van der Waals surface area contributed by atoms with Crippen LogP contribution in [0.5, 0.6) is 0 Å². The third-order valence-electron chi connectivity index (χ3n) is 9.01. The molecule has 0 radical (unpaired) electrons. The van der Waals surface area contributed by atoms with E-state index in [4.69, 9.17) is 0 Å². The molecule has 1 atom stereocenters. The fraction of sp³-hybridized carbons (Fsp3) is 0.690. The molecule has 36 heavy (non-hydrogen) atoms. The van der Waals surface area contributed by atoms with Crippen molar-refractivity contribution in [2.75, 3.05) is 50.7 Å². The van der Waals surface area contributed by atoms with Gasteiger partial charge < -0.3 is 9.80 Å². The lowest BCUT2D eigenvalue weighted by Gasteiger charge is -2.38. The highest BCUT2D eigenvalue weighted by Gasteiger charge is 2.30. The van der Waals surface area contributed by atoms with E-state index in [2.05, 4.69) is 32.1 Å². The molecule has 1 N–H and O–H groups in total. The van der Waals surface area contributed by atoms with Crippen LogP contribution in [0.15, 0.2) is 24.3 Å². The lowest BCUT2D eigenvalue weighted by molar-refractivity contribution is -0.138. The number of nitrogens with zero attached hydrogens (tertiary/aromatic N) is 3. The smallest absolute Gasteiger partial charge is 0.234 e. The van der Waals surface area contributed by atoms with Gasteiger partial charge >= 0.3 is 0 Å². The summed E-state index contributed by atoms with van der Waals surface area (Å²) in [7, 11) is 0. The van der Waals surface area contributed by atoms with E-state index in [1.54, 1.807) is 0 Å². The number of piperidine rings is 2. The second kappa shape index (κ2) is 11.8. The van der Waals surface area contributed by atoms with Gasteiger partial charge in [-0.05, 0) is 68.7 Å². The van der Waals surface area contributed by atoms with E-state index < -0.39 is 0 Å². The number of anilines is 1. The van der Waals surface area contributed by atoms with Gasteiger partial charge in [0.05, 0.1) is 5.92 Å². The molecule has 1 aromatic rings. The van der Waals surface area contributed by atoms with Gasteiger partial charge in [0.1, 0.15) is 0 Å². The second-order valence-electron chi connectivity index (χ2n) is 11.3. The van der Waals surface area contributed by atoms with E-state index in [1.165, 1.54) is 31.4 Å². The largest absolute Gasteiger partial charge is 0.369 e. The first kappa shape index (κ1) is 25.2. The number of nitrogens with one attached hydrogen (secondary N) is 1. The van der Waals surface area contributed by atoms with E-state index >= 15 is 0 Å². The second-order valence-corrected chi connectivity index (χ2v) is 11.3. The molecule has 3 heterocycles. The van der Waals surface area contributed by atoms with Crippen molar-refractivity contribution in [2.24, 2.45) is 11.8 Å². The minimum atomic E-state index is -0.217. The topological polar surface area (TPSA) is 73.0 Å². The molecule has 3 aliphatic heterocycles. The summed E-state index contributed by atoms with van der Waals surface area (Å²) in [4.78, 5) is 43.6. The van der Waals surface area contributed by atoms with Gasteiger partial charge in [0.15, 0.2) is 0 Å². The van der Waals surface area contributed by atoms with Gasteiger partial charge in [0, 0.05) is 57.3 Å². The van der Waals surface area contributed by atoms with Gasteiger partial charge in [-0.2, -0.15) is 0 Å². The molecule has 0 aromatic heterocycles. The molecule has 1 unspecified atom stereocenters. The number of carbonyl (C=O) groups excluding carboxylic acids is 3. The van der Waals surface area contributed by atoms with Crippen molar-refractivity contribution in [2.45, 2.75) is 70.1 Å². The van der Waals surface area contributed by atoms with Crippen molar-refractivity contribution in [1.29, 1.82) is 0 Å².